The lowest BCUT2D eigenvalue weighted by Gasteiger charge is -2.10. The van der Waals surface area contributed by atoms with Gasteiger partial charge in [0, 0.05) is 12.0 Å². The third-order valence-corrected chi connectivity index (χ3v) is 3.68. The number of fused-ring (bicyclic) bond motifs is 1. The number of hydrogen-bond donors (Lipinski definition) is 0. The van der Waals surface area contributed by atoms with E-state index in [1.165, 1.54) is 0 Å². The number of ketones is 1. The standard InChI is InChI=1S/C18H15NO3/c1-12-3-2-4-14(7-12)16(20)8-15(10-19)13-5-6-17-18(9-13)22-11-21-17/h2-7,9,15H,8,11H2,1H3. The molecule has 0 N–H and O–H groups in total. The Labute approximate surface area is 128 Å². The summed E-state index contributed by atoms with van der Waals surface area (Å²) in [5.41, 5.74) is 2.44. The van der Waals surface area contributed by atoms with Gasteiger partial charge in [0.25, 0.3) is 0 Å². The van der Waals surface area contributed by atoms with Crippen LogP contribution in [0.25, 0.3) is 0 Å². The molecule has 0 aromatic heterocycles. The molecule has 110 valence electrons. The Morgan fingerprint density at radius 1 is 1.23 bits per heavy atom. The zero-order valence-corrected chi connectivity index (χ0v) is 12.2. The topological polar surface area (TPSA) is 59.3 Å². The summed E-state index contributed by atoms with van der Waals surface area (Å²) in [5.74, 6) is 0.765. The maximum absolute atomic E-state index is 12.4. The Morgan fingerprint density at radius 3 is 2.82 bits per heavy atom. The third-order valence-electron chi connectivity index (χ3n) is 3.68. The van der Waals surface area contributed by atoms with Gasteiger partial charge >= 0.3 is 0 Å². The molecule has 2 aromatic carbocycles. The van der Waals surface area contributed by atoms with Gasteiger partial charge in [-0.25, -0.2) is 0 Å². The van der Waals surface area contributed by atoms with Crippen LogP contribution in [-0.4, -0.2) is 12.6 Å². The largest absolute Gasteiger partial charge is 0.454 e. The Kier molecular flexibility index (Phi) is 3.80. The highest BCUT2D eigenvalue weighted by Gasteiger charge is 2.20. The van der Waals surface area contributed by atoms with Crippen LogP contribution in [0.1, 0.15) is 33.8 Å². The van der Waals surface area contributed by atoms with E-state index in [4.69, 9.17) is 9.47 Å². The van der Waals surface area contributed by atoms with Gasteiger partial charge in [-0.1, -0.05) is 29.8 Å². The molecular formula is C18H15NO3. The molecule has 4 heteroatoms. The molecule has 1 heterocycles. The van der Waals surface area contributed by atoms with E-state index in [0.717, 1.165) is 11.1 Å². The first-order valence-corrected chi connectivity index (χ1v) is 7.06. The molecule has 0 saturated carbocycles. The van der Waals surface area contributed by atoms with Gasteiger partial charge in [-0.2, -0.15) is 5.26 Å². The van der Waals surface area contributed by atoms with Crippen molar-refractivity contribution in [2.45, 2.75) is 19.3 Å². The lowest BCUT2D eigenvalue weighted by molar-refractivity contribution is 0.0979. The van der Waals surface area contributed by atoms with Crippen LogP contribution in [0.5, 0.6) is 11.5 Å². The summed E-state index contributed by atoms with van der Waals surface area (Å²) in [4.78, 5) is 12.4. The fourth-order valence-corrected chi connectivity index (χ4v) is 2.49. The van der Waals surface area contributed by atoms with E-state index < -0.39 is 5.92 Å². The minimum Gasteiger partial charge on any atom is -0.454 e. The molecule has 0 fully saturated rings. The fourth-order valence-electron chi connectivity index (χ4n) is 2.49. The lowest BCUT2D eigenvalue weighted by atomic mass is 9.92. The average molecular weight is 293 g/mol. The molecule has 0 amide bonds. The maximum atomic E-state index is 12.4. The number of nitriles is 1. The minimum absolute atomic E-state index is 0.0343. The summed E-state index contributed by atoms with van der Waals surface area (Å²) in [5, 5.41) is 9.40. The zero-order chi connectivity index (χ0) is 15.5. The SMILES string of the molecule is Cc1cccc(C(=O)CC(C#N)c2ccc3c(c2)OCO3)c1. The fraction of sp³-hybridized carbons (Fsp3) is 0.222. The number of aryl methyl sites for hydroxylation is 1. The van der Waals surface area contributed by atoms with E-state index in [2.05, 4.69) is 6.07 Å². The number of ether oxygens (including phenoxy) is 2. The smallest absolute Gasteiger partial charge is 0.231 e. The van der Waals surface area contributed by atoms with Gasteiger partial charge in [0.2, 0.25) is 6.79 Å². The second kappa shape index (κ2) is 5.90. The normalized spacial score (nSPS) is 13.5. The summed E-state index contributed by atoms with van der Waals surface area (Å²) in [6, 6.07) is 15.0. The molecule has 2 aromatic rings. The molecule has 0 spiro atoms. The van der Waals surface area contributed by atoms with Crippen molar-refractivity contribution < 1.29 is 14.3 Å². The number of hydrogen-bond acceptors (Lipinski definition) is 4. The number of nitrogens with zero attached hydrogens (tertiary/aromatic N) is 1. The van der Waals surface area contributed by atoms with E-state index in [1.54, 1.807) is 18.2 Å². The first-order valence-electron chi connectivity index (χ1n) is 7.06. The summed E-state index contributed by atoms with van der Waals surface area (Å²) >= 11 is 0. The van der Waals surface area contributed by atoms with Gasteiger partial charge in [-0.3, -0.25) is 4.79 Å². The molecule has 0 saturated heterocycles. The van der Waals surface area contributed by atoms with E-state index in [-0.39, 0.29) is 19.0 Å². The summed E-state index contributed by atoms with van der Waals surface area (Å²) in [7, 11) is 0. The third kappa shape index (κ3) is 2.79. The molecule has 0 radical (unpaired) electrons. The van der Waals surface area contributed by atoms with E-state index in [9.17, 15) is 10.1 Å². The second-order valence-electron chi connectivity index (χ2n) is 5.29. The highest BCUT2D eigenvalue weighted by Crippen LogP contribution is 2.35. The first-order chi connectivity index (χ1) is 10.7. The predicted molar refractivity (Wildman–Crippen MR) is 81.0 cm³/mol. The molecule has 1 aliphatic rings. The van der Waals surface area contributed by atoms with Crippen LogP contribution in [-0.2, 0) is 0 Å². The highest BCUT2D eigenvalue weighted by molar-refractivity contribution is 5.97. The van der Waals surface area contributed by atoms with Crippen LogP contribution >= 0.6 is 0 Å². The molecule has 0 bridgehead atoms. The molecule has 0 aliphatic carbocycles. The van der Waals surface area contributed by atoms with Gasteiger partial charge in [-0.05, 0) is 30.7 Å². The van der Waals surface area contributed by atoms with Crippen LogP contribution in [0.15, 0.2) is 42.5 Å². The highest BCUT2D eigenvalue weighted by atomic mass is 16.7. The van der Waals surface area contributed by atoms with E-state index in [1.807, 2.05) is 31.2 Å². The maximum Gasteiger partial charge on any atom is 0.231 e. The summed E-state index contributed by atoms with van der Waals surface area (Å²) < 4.78 is 10.6. The number of Topliss-reactive ketones (excluding diaryl/α,β-unsaturated/α-hetero) is 1. The van der Waals surface area contributed by atoms with Gasteiger partial charge in [-0.15, -0.1) is 0 Å². The van der Waals surface area contributed by atoms with E-state index in [0.29, 0.717) is 17.1 Å². The predicted octanol–water partition coefficient (Wildman–Crippen LogP) is 3.60. The quantitative estimate of drug-likeness (QED) is 0.808. The van der Waals surface area contributed by atoms with Crippen molar-refractivity contribution in [1.82, 2.24) is 0 Å². The van der Waals surface area contributed by atoms with Gasteiger partial charge in [0.05, 0.1) is 12.0 Å². The van der Waals surface area contributed by atoms with Crippen molar-refractivity contribution in [1.29, 1.82) is 5.26 Å². The van der Waals surface area contributed by atoms with Crippen molar-refractivity contribution in [2.75, 3.05) is 6.79 Å². The number of carbonyl (C=O) groups is 1. The minimum atomic E-state index is -0.498. The van der Waals surface area contributed by atoms with Gasteiger partial charge in [0.1, 0.15) is 0 Å². The Balaban J connectivity index is 1.80. The van der Waals surface area contributed by atoms with Crippen molar-refractivity contribution in [3.8, 4) is 17.6 Å². The number of rotatable bonds is 4. The Bertz CT molecular complexity index is 761. The van der Waals surface area contributed by atoms with Crippen LogP contribution < -0.4 is 9.47 Å². The monoisotopic (exact) mass is 293 g/mol. The van der Waals surface area contributed by atoms with Gasteiger partial charge in [0.15, 0.2) is 17.3 Å². The lowest BCUT2D eigenvalue weighted by Crippen LogP contribution is -2.06. The average Bonchev–Trinajstić information content (AvgIpc) is 2.99. The molecule has 1 unspecified atom stereocenters. The van der Waals surface area contributed by atoms with Crippen molar-refractivity contribution >= 4 is 5.78 Å². The zero-order valence-electron chi connectivity index (χ0n) is 12.2. The molecule has 3 rings (SSSR count). The summed E-state index contributed by atoms with van der Waals surface area (Å²) in [6.07, 6.45) is 0.152. The number of benzene rings is 2. The van der Waals surface area contributed by atoms with Crippen molar-refractivity contribution in [2.24, 2.45) is 0 Å². The van der Waals surface area contributed by atoms with Crippen molar-refractivity contribution in [3.63, 3.8) is 0 Å². The summed E-state index contributed by atoms with van der Waals surface area (Å²) in [6.45, 7) is 2.13. The second-order valence-corrected chi connectivity index (χ2v) is 5.29. The Morgan fingerprint density at radius 2 is 2.05 bits per heavy atom. The van der Waals surface area contributed by atoms with Crippen molar-refractivity contribution in [3.05, 3.63) is 59.2 Å². The van der Waals surface area contributed by atoms with Crippen LogP contribution in [0, 0.1) is 18.3 Å². The van der Waals surface area contributed by atoms with E-state index >= 15 is 0 Å². The van der Waals surface area contributed by atoms with Gasteiger partial charge < -0.3 is 9.47 Å². The molecule has 4 nitrogen and oxygen atoms in total. The molecular weight excluding hydrogens is 278 g/mol. The van der Waals surface area contributed by atoms with Crippen LogP contribution in [0.3, 0.4) is 0 Å². The molecule has 1 atom stereocenters. The van der Waals surface area contributed by atoms with Crippen LogP contribution in [0.4, 0.5) is 0 Å². The Hall–Kier alpha value is -2.80. The molecule has 1 aliphatic heterocycles. The van der Waals surface area contributed by atoms with Crippen LogP contribution in [0.2, 0.25) is 0 Å². The number of carbonyl (C=O) groups excluding carboxylic acids is 1. The first kappa shape index (κ1) is 14.2. The molecule has 22 heavy (non-hydrogen) atoms.